The van der Waals surface area contributed by atoms with Crippen LogP contribution in [0, 0.1) is 0 Å². The molecule has 0 bridgehead atoms. The van der Waals surface area contributed by atoms with Crippen LogP contribution >= 0.6 is 0 Å². The molecule has 1 heteroatoms. The zero-order valence-corrected chi connectivity index (χ0v) is 16.7. The molecule has 0 aromatic heterocycles. The average molecular weight is 384 g/mol. The second-order valence-electron chi connectivity index (χ2n) is 7.75. The zero-order valence-electron chi connectivity index (χ0n) is 16.7. The first kappa shape index (κ1) is 17.1. The molecule has 0 saturated carbocycles. The van der Waals surface area contributed by atoms with Crippen molar-refractivity contribution in [1.82, 2.24) is 0 Å². The summed E-state index contributed by atoms with van der Waals surface area (Å²) in [5.41, 5.74) is 4.85. The van der Waals surface area contributed by atoms with Gasteiger partial charge in [-0.2, -0.15) is 0 Å². The minimum absolute atomic E-state index is 0.871. The molecule has 0 atom stereocenters. The first-order valence-corrected chi connectivity index (χ1v) is 10.2. The number of hydrogen-bond acceptors (Lipinski definition) is 1. The summed E-state index contributed by atoms with van der Waals surface area (Å²) in [4.78, 5) is 0. The molecule has 6 rings (SSSR count). The van der Waals surface area contributed by atoms with E-state index < -0.39 is 0 Å². The Bertz CT molecular complexity index is 1500. The van der Waals surface area contributed by atoms with Crippen molar-refractivity contribution >= 4 is 32.3 Å². The van der Waals surface area contributed by atoms with Gasteiger partial charge in [-0.3, -0.25) is 0 Å². The number of methoxy groups -OCH3 is 1. The molecule has 0 aliphatic carbocycles. The maximum atomic E-state index is 5.55. The average Bonchev–Trinajstić information content (AvgIpc) is 2.82. The third kappa shape index (κ3) is 2.49. The Hall–Kier alpha value is -3.84. The predicted octanol–water partition coefficient (Wildman–Crippen LogP) is 7.93. The van der Waals surface area contributed by atoms with E-state index in [0.29, 0.717) is 0 Å². The Morgan fingerprint density at radius 3 is 1.93 bits per heavy atom. The molecule has 0 radical (unpaired) electrons. The van der Waals surface area contributed by atoms with Gasteiger partial charge in [-0.15, -0.1) is 0 Å². The van der Waals surface area contributed by atoms with Crippen LogP contribution in [-0.4, -0.2) is 7.11 Å². The molecule has 6 aromatic rings. The Balaban J connectivity index is 1.72. The fourth-order valence-corrected chi connectivity index (χ4v) is 4.71. The molecule has 0 saturated heterocycles. The van der Waals surface area contributed by atoms with Crippen LogP contribution < -0.4 is 4.74 Å². The molecule has 142 valence electrons. The van der Waals surface area contributed by atoms with Gasteiger partial charge in [0.25, 0.3) is 0 Å². The quantitative estimate of drug-likeness (QED) is 0.282. The summed E-state index contributed by atoms with van der Waals surface area (Å²) in [7, 11) is 1.72. The third-order valence-corrected chi connectivity index (χ3v) is 6.13. The van der Waals surface area contributed by atoms with Gasteiger partial charge in [-0.25, -0.2) is 0 Å². The standard InChI is InChI=1S/C29H20O/c1-30-23-14-17-25(27(18-23)19-6-3-2-4-7-19)24-15-12-22-11-10-20-8-5-9-21-13-16-26(24)29(22)28(20)21/h2-18H,1H3. The molecule has 0 aliphatic rings. The Labute approximate surface area is 175 Å². The first-order chi connectivity index (χ1) is 14.8. The molecule has 0 fully saturated rings. The zero-order chi connectivity index (χ0) is 20.1. The fourth-order valence-electron chi connectivity index (χ4n) is 4.71. The highest BCUT2D eigenvalue weighted by Crippen LogP contribution is 2.42. The van der Waals surface area contributed by atoms with Crippen molar-refractivity contribution in [2.24, 2.45) is 0 Å². The minimum Gasteiger partial charge on any atom is -0.497 e. The predicted molar refractivity (Wildman–Crippen MR) is 128 cm³/mol. The van der Waals surface area contributed by atoms with E-state index in [4.69, 9.17) is 4.74 Å². The van der Waals surface area contributed by atoms with Crippen LogP contribution in [0.1, 0.15) is 0 Å². The number of hydrogen-bond donors (Lipinski definition) is 0. The molecule has 0 unspecified atom stereocenters. The van der Waals surface area contributed by atoms with Crippen molar-refractivity contribution in [2.75, 3.05) is 7.11 Å². The Morgan fingerprint density at radius 1 is 0.500 bits per heavy atom. The highest BCUT2D eigenvalue weighted by molar-refractivity contribution is 6.25. The van der Waals surface area contributed by atoms with Crippen LogP contribution in [0.2, 0.25) is 0 Å². The molecular weight excluding hydrogens is 364 g/mol. The molecule has 0 aliphatic heterocycles. The van der Waals surface area contributed by atoms with E-state index in [1.165, 1.54) is 54.6 Å². The van der Waals surface area contributed by atoms with E-state index in [1.54, 1.807) is 7.11 Å². The van der Waals surface area contributed by atoms with Crippen LogP contribution in [0.15, 0.2) is 103 Å². The summed E-state index contributed by atoms with van der Waals surface area (Å²) in [5.74, 6) is 0.871. The van der Waals surface area contributed by atoms with Crippen molar-refractivity contribution in [1.29, 1.82) is 0 Å². The van der Waals surface area contributed by atoms with Gasteiger partial charge in [0.15, 0.2) is 0 Å². The molecule has 0 N–H and O–H groups in total. The van der Waals surface area contributed by atoms with Crippen LogP contribution in [0.4, 0.5) is 0 Å². The van der Waals surface area contributed by atoms with E-state index in [9.17, 15) is 0 Å². The summed E-state index contributed by atoms with van der Waals surface area (Å²) in [6, 6.07) is 37.0. The maximum Gasteiger partial charge on any atom is 0.119 e. The van der Waals surface area contributed by atoms with E-state index in [2.05, 4.69) is 103 Å². The molecule has 6 aromatic carbocycles. The lowest BCUT2D eigenvalue weighted by Gasteiger charge is -2.17. The van der Waals surface area contributed by atoms with Crippen molar-refractivity contribution in [3.63, 3.8) is 0 Å². The van der Waals surface area contributed by atoms with Crippen molar-refractivity contribution in [2.45, 2.75) is 0 Å². The fraction of sp³-hybridized carbons (Fsp3) is 0.0345. The Kier molecular flexibility index (Phi) is 3.75. The lowest BCUT2D eigenvalue weighted by molar-refractivity contribution is 0.415. The topological polar surface area (TPSA) is 9.23 Å². The Morgan fingerprint density at radius 2 is 1.17 bits per heavy atom. The van der Waals surface area contributed by atoms with Gasteiger partial charge in [0.2, 0.25) is 0 Å². The highest BCUT2D eigenvalue weighted by atomic mass is 16.5. The van der Waals surface area contributed by atoms with Crippen LogP contribution in [0.3, 0.4) is 0 Å². The van der Waals surface area contributed by atoms with E-state index in [1.807, 2.05) is 0 Å². The van der Waals surface area contributed by atoms with Gasteiger partial charge in [-0.1, -0.05) is 91.0 Å². The van der Waals surface area contributed by atoms with Gasteiger partial charge in [0, 0.05) is 0 Å². The van der Waals surface area contributed by atoms with Crippen LogP contribution in [-0.2, 0) is 0 Å². The summed E-state index contributed by atoms with van der Waals surface area (Å²) < 4.78 is 5.55. The number of rotatable bonds is 3. The van der Waals surface area contributed by atoms with Crippen molar-refractivity contribution in [3.05, 3.63) is 103 Å². The number of ether oxygens (including phenoxy) is 1. The van der Waals surface area contributed by atoms with Gasteiger partial charge in [0.05, 0.1) is 7.11 Å². The molecule has 0 heterocycles. The third-order valence-electron chi connectivity index (χ3n) is 6.13. The van der Waals surface area contributed by atoms with Crippen LogP contribution in [0.5, 0.6) is 5.75 Å². The van der Waals surface area contributed by atoms with Crippen LogP contribution in [0.25, 0.3) is 54.6 Å². The lowest BCUT2D eigenvalue weighted by atomic mass is 9.87. The first-order valence-electron chi connectivity index (χ1n) is 10.2. The van der Waals surface area contributed by atoms with Crippen molar-refractivity contribution in [3.8, 4) is 28.0 Å². The van der Waals surface area contributed by atoms with E-state index in [-0.39, 0.29) is 0 Å². The molecule has 30 heavy (non-hydrogen) atoms. The summed E-state index contributed by atoms with van der Waals surface area (Å²) in [5, 5.41) is 7.86. The van der Waals surface area contributed by atoms with Gasteiger partial charge in [0.1, 0.15) is 5.75 Å². The van der Waals surface area contributed by atoms with E-state index in [0.717, 1.165) is 5.75 Å². The normalized spacial score (nSPS) is 11.5. The largest absolute Gasteiger partial charge is 0.497 e. The lowest BCUT2D eigenvalue weighted by Crippen LogP contribution is -1.91. The van der Waals surface area contributed by atoms with Gasteiger partial charge >= 0.3 is 0 Å². The molecule has 0 amide bonds. The summed E-state index contributed by atoms with van der Waals surface area (Å²) in [6.07, 6.45) is 0. The SMILES string of the molecule is COc1ccc(-c2ccc3ccc4cccc5ccc2c3c45)c(-c2ccccc2)c1. The maximum absolute atomic E-state index is 5.55. The summed E-state index contributed by atoms with van der Waals surface area (Å²) >= 11 is 0. The van der Waals surface area contributed by atoms with Crippen molar-refractivity contribution < 1.29 is 4.74 Å². The molecule has 1 nitrogen and oxygen atoms in total. The summed E-state index contributed by atoms with van der Waals surface area (Å²) in [6.45, 7) is 0. The highest BCUT2D eigenvalue weighted by Gasteiger charge is 2.15. The van der Waals surface area contributed by atoms with E-state index >= 15 is 0 Å². The van der Waals surface area contributed by atoms with Gasteiger partial charge in [-0.05, 0) is 66.7 Å². The number of benzene rings is 6. The second kappa shape index (κ2) is 6.60. The molecular formula is C29H20O. The minimum atomic E-state index is 0.871. The molecule has 0 spiro atoms. The monoisotopic (exact) mass is 384 g/mol. The van der Waals surface area contributed by atoms with Gasteiger partial charge < -0.3 is 4.74 Å². The smallest absolute Gasteiger partial charge is 0.119 e. The second-order valence-corrected chi connectivity index (χ2v) is 7.75.